The average Bonchev–Trinajstić information content (AvgIpc) is 2.86. The normalized spacial score (nSPS) is 23.7. The van der Waals surface area contributed by atoms with Gasteiger partial charge in [-0.15, -0.1) is 11.8 Å². The predicted molar refractivity (Wildman–Crippen MR) is 89.8 cm³/mol. The number of aliphatic hydroxyl groups is 1. The van der Waals surface area contributed by atoms with Crippen molar-refractivity contribution in [2.75, 3.05) is 0 Å². The Morgan fingerprint density at radius 3 is 2.65 bits per heavy atom. The maximum Gasteiger partial charge on any atom is 0.303 e. The number of hydrogen-bond donors (Lipinski definition) is 2. The van der Waals surface area contributed by atoms with Crippen molar-refractivity contribution in [2.45, 2.75) is 70.8 Å². The molecular weight excluding hydrogens is 292 g/mol. The van der Waals surface area contributed by atoms with Gasteiger partial charge in [0, 0.05) is 31.6 Å². The first kappa shape index (κ1) is 19.4. The van der Waals surface area contributed by atoms with Gasteiger partial charge >= 0.3 is 5.97 Å². The summed E-state index contributed by atoms with van der Waals surface area (Å²) in [4.78, 5) is 22.1. The molecule has 0 bridgehead atoms. The Labute approximate surface area is 139 Å². The van der Waals surface area contributed by atoms with Crippen LogP contribution in [-0.4, -0.2) is 28.1 Å². The summed E-state index contributed by atoms with van der Waals surface area (Å²) in [6.07, 6.45) is 9.32. The van der Waals surface area contributed by atoms with Crippen molar-refractivity contribution in [1.82, 2.24) is 0 Å². The van der Waals surface area contributed by atoms with E-state index in [1.54, 1.807) is 6.08 Å². The molecule has 0 saturated heterocycles. The topological polar surface area (TPSA) is 74.6 Å². The molecule has 1 rings (SSSR count). The Balaban J connectivity index is 2.42. The molecule has 0 radical (unpaired) electrons. The van der Waals surface area contributed by atoms with E-state index in [0.717, 1.165) is 25.7 Å². The summed E-state index contributed by atoms with van der Waals surface area (Å²) >= 11 is 0. The van der Waals surface area contributed by atoms with Crippen molar-refractivity contribution in [3.8, 4) is 11.8 Å². The van der Waals surface area contributed by atoms with Crippen molar-refractivity contribution >= 4 is 11.8 Å². The molecule has 4 nitrogen and oxygen atoms in total. The number of rotatable bonds is 9. The van der Waals surface area contributed by atoms with E-state index in [-0.39, 0.29) is 30.1 Å². The zero-order chi connectivity index (χ0) is 17.1. The van der Waals surface area contributed by atoms with Crippen LogP contribution in [0.5, 0.6) is 0 Å². The fourth-order valence-corrected chi connectivity index (χ4v) is 2.87. The van der Waals surface area contributed by atoms with Gasteiger partial charge in [0.2, 0.25) is 0 Å². The van der Waals surface area contributed by atoms with Gasteiger partial charge < -0.3 is 10.2 Å². The van der Waals surface area contributed by atoms with Crippen molar-refractivity contribution in [3.05, 3.63) is 12.2 Å². The molecule has 2 N–H and O–H groups in total. The Bertz CT molecular complexity index is 469. The molecule has 0 aromatic carbocycles. The van der Waals surface area contributed by atoms with E-state index in [9.17, 15) is 14.7 Å². The van der Waals surface area contributed by atoms with E-state index in [4.69, 9.17) is 5.11 Å². The number of ketones is 1. The number of carbonyl (C=O) groups is 2. The SMILES string of the molecule is CCCCC(=O)/C=C/C1CCC(O)C1CC#CCCCC(=O)O. The van der Waals surface area contributed by atoms with Crippen LogP contribution >= 0.6 is 0 Å². The summed E-state index contributed by atoms with van der Waals surface area (Å²) in [5.41, 5.74) is 0. The molecule has 3 unspecified atom stereocenters. The standard InChI is InChI=1S/C19H28O4/c1-2-3-8-16(20)13-11-15-12-14-18(21)17(15)9-6-4-5-7-10-19(22)23/h11,13,15,17-18,21H,2-3,5,7-10,12,14H2,1H3,(H,22,23)/b13-11+. The minimum absolute atomic E-state index is 0.0807. The first-order chi connectivity index (χ1) is 11.0. The lowest BCUT2D eigenvalue weighted by Gasteiger charge is -2.16. The van der Waals surface area contributed by atoms with E-state index in [2.05, 4.69) is 18.8 Å². The van der Waals surface area contributed by atoms with Crippen molar-refractivity contribution < 1.29 is 19.8 Å². The monoisotopic (exact) mass is 320 g/mol. The molecule has 0 heterocycles. The molecule has 1 saturated carbocycles. The molecular formula is C19H28O4. The van der Waals surface area contributed by atoms with Crippen LogP contribution in [0.2, 0.25) is 0 Å². The summed E-state index contributed by atoms with van der Waals surface area (Å²) < 4.78 is 0. The number of unbranched alkanes of at least 4 members (excludes halogenated alkanes) is 2. The highest BCUT2D eigenvalue weighted by Crippen LogP contribution is 2.35. The van der Waals surface area contributed by atoms with Crippen LogP contribution in [-0.2, 0) is 9.59 Å². The summed E-state index contributed by atoms with van der Waals surface area (Å²) in [6, 6.07) is 0. The molecule has 0 amide bonds. The van der Waals surface area contributed by atoms with Gasteiger partial charge in [0.25, 0.3) is 0 Å². The summed E-state index contributed by atoms with van der Waals surface area (Å²) in [6.45, 7) is 2.06. The fraction of sp³-hybridized carbons (Fsp3) is 0.684. The zero-order valence-corrected chi connectivity index (χ0v) is 14.0. The summed E-state index contributed by atoms with van der Waals surface area (Å²) in [5, 5.41) is 18.6. The van der Waals surface area contributed by atoms with Gasteiger partial charge in [-0.2, -0.15) is 0 Å². The third kappa shape index (κ3) is 7.99. The maximum absolute atomic E-state index is 11.7. The fourth-order valence-electron chi connectivity index (χ4n) is 2.87. The number of aliphatic hydroxyl groups excluding tert-OH is 1. The van der Waals surface area contributed by atoms with Crippen LogP contribution in [0.15, 0.2) is 12.2 Å². The van der Waals surface area contributed by atoms with Crippen LogP contribution in [0, 0.1) is 23.7 Å². The number of carboxylic acids is 1. The van der Waals surface area contributed by atoms with E-state index in [1.165, 1.54) is 0 Å². The van der Waals surface area contributed by atoms with Gasteiger partial charge in [-0.3, -0.25) is 9.59 Å². The number of carboxylic acid groups (broad SMARTS) is 1. The number of aliphatic carboxylic acids is 1. The first-order valence-electron chi connectivity index (χ1n) is 8.61. The lowest BCUT2D eigenvalue weighted by atomic mass is 9.91. The van der Waals surface area contributed by atoms with E-state index < -0.39 is 5.97 Å². The highest BCUT2D eigenvalue weighted by molar-refractivity contribution is 5.89. The lowest BCUT2D eigenvalue weighted by molar-refractivity contribution is -0.137. The Morgan fingerprint density at radius 2 is 1.96 bits per heavy atom. The largest absolute Gasteiger partial charge is 0.481 e. The van der Waals surface area contributed by atoms with Crippen LogP contribution in [0.1, 0.15) is 64.7 Å². The Kier molecular flexibility index (Phi) is 9.31. The second kappa shape index (κ2) is 11.0. The second-order valence-electron chi connectivity index (χ2n) is 6.21. The van der Waals surface area contributed by atoms with Crippen LogP contribution in [0.25, 0.3) is 0 Å². The quantitative estimate of drug-likeness (QED) is 0.388. The van der Waals surface area contributed by atoms with E-state index in [1.807, 2.05) is 6.08 Å². The summed E-state index contributed by atoms with van der Waals surface area (Å²) in [5.74, 6) is 5.70. The second-order valence-corrected chi connectivity index (χ2v) is 6.21. The third-order valence-corrected chi connectivity index (χ3v) is 4.30. The highest BCUT2D eigenvalue weighted by Gasteiger charge is 2.32. The molecule has 23 heavy (non-hydrogen) atoms. The Hall–Kier alpha value is -1.60. The van der Waals surface area contributed by atoms with Crippen LogP contribution in [0.4, 0.5) is 0 Å². The van der Waals surface area contributed by atoms with Gasteiger partial charge in [-0.1, -0.05) is 19.4 Å². The maximum atomic E-state index is 11.7. The molecule has 0 spiro atoms. The van der Waals surface area contributed by atoms with Gasteiger partial charge in [0.05, 0.1) is 6.10 Å². The van der Waals surface area contributed by atoms with Crippen LogP contribution < -0.4 is 0 Å². The molecule has 0 aromatic rings. The molecule has 0 aromatic heterocycles. The molecule has 1 fully saturated rings. The molecule has 1 aliphatic rings. The van der Waals surface area contributed by atoms with Crippen molar-refractivity contribution in [3.63, 3.8) is 0 Å². The predicted octanol–water partition coefficient (Wildman–Crippen LogP) is 3.34. The van der Waals surface area contributed by atoms with Crippen molar-refractivity contribution in [1.29, 1.82) is 0 Å². The average molecular weight is 320 g/mol. The minimum atomic E-state index is -0.795. The minimum Gasteiger partial charge on any atom is -0.481 e. The van der Waals surface area contributed by atoms with E-state index in [0.29, 0.717) is 25.7 Å². The molecule has 0 aliphatic heterocycles. The summed E-state index contributed by atoms with van der Waals surface area (Å²) in [7, 11) is 0. The number of carbonyl (C=O) groups excluding carboxylic acids is 1. The first-order valence-corrected chi connectivity index (χ1v) is 8.61. The molecule has 128 valence electrons. The third-order valence-electron chi connectivity index (χ3n) is 4.30. The molecule has 4 heteroatoms. The highest BCUT2D eigenvalue weighted by atomic mass is 16.4. The van der Waals surface area contributed by atoms with Crippen LogP contribution in [0.3, 0.4) is 0 Å². The van der Waals surface area contributed by atoms with Gasteiger partial charge in [-0.05, 0) is 37.7 Å². The van der Waals surface area contributed by atoms with Gasteiger partial charge in [-0.25, -0.2) is 0 Å². The lowest BCUT2D eigenvalue weighted by Crippen LogP contribution is -2.17. The number of hydrogen-bond acceptors (Lipinski definition) is 3. The Morgan fingerprint density at radius 1 is 1.17 bits per heavy atom. The van der Waals surface area contributed by atoms with Crippen molar-refractivity contribution in [2.24, 2.45) is 11.8 Å². The molecule has 1 aliphatic carbocycles. The number of allylic oxidation sites excluding steroid dienone is 2. The van der Waals surface area contributed by atoms with Gasteiger partial charge in [0.15, 0.2) is 5.78 Å². The van der Waals surface area contributed by atoms with E-state index >= 15 is 0 Å². The smallest absolute Gasteiger partial charge is 0.303 e. The van der Waals surface area contributed by atoms with Gasteiger partial charge in [0.1, 0.15) is 0 Å². The molecule has 3 atom stereocenters. The zero-order valence-electron chi connectivity index (χ0n) is 14.0.